The molecule has 1 atom stereocenters. The van der Waals surface area contributed by atoms with Crippen molar-refractivity contribution in [3.8, 4) is 0 Å². The van der Waals surface area contributed by atoms with Crippen LogP contribution < -0.4 is 0 Å². The molecule has 27 heavy (non-hydrogen) atoms. The number of benzene rings is 1. The van der Waals surface area contributed by atoms with Gasteiger partial charge in [0.05, 0.1) is 28.2 Å². The van der Waals surface area contributed by atoms with Crippen LogP contribution in [-0.4, -0.2) is 40.4 Å². The lowest BCUT2D eigenvalue weighted by Crippen LogP contribution is -2.13. The Labute approximate surface area is 156 Å². The van der Waals surface area contributed by atoms with Crippen molar-refractivity contribution in [2.75, 3.05) is 11.5 Å². The van der Waals surface area contributed by atoms with Gasteiger partial charge in [0.25, 0.3) is 5.69 Å². The first-order chi connectivity index (χ1) is 12.7. The lowest BCUT2D eigenvalue weighted by atomic mass is 10.1. The summed E-state index contributed by atoms with van der Waals surface area (Å²) in [6.07, 6.45) is 3.59. The molecule has 2 heterocycles. The summed E-state index contributed by atoms with van der Waals surface area (Å²) in [5.74, 6) is -0.0282. The first-order valence-corrected chi connectivity index (χ1v) is 10.2. The maximum Gasteiger partial charge on any atom is 0.269 e. The van der Waals surface area contributed by atoms with E-state index in [1.807, 2.05) is 13.8 Å². The highest BCUT2D eigenvalue weighted by molar-refractivity contribution is 7.91. The van der Waals surface area contributed by atoms with Gasteiger partial charge in [-0.25, -0.2) is 8.42 Å². The van der Waals surface area contributed by atoms with Crippen LogP contribution >= 0.6 is 0 Å². The van der Waals surface area contributed by atoms with E-state index >= 15 is 0 Å². The van der Waals surface area contributed by atoms with Crippen molar-refractivity contribution in [3.63, 3.8) is 0 Å². The molecular formula is C18H19N3O5S. The first-order valence-electron chi connectivity index (χ1n) is 8.41. The maximum absolute atomic E-state index is 12.3. The average molecular weight is 389 g/mol. The number of nitrogens with zero attached hydrogens (tertiary/aromatic N) is 3. The van der Waals surface area contributed by atoms with Crippen molar-refractivity contribution in [1.29, 1.82) is 0 Å². The van der Waals surface area contributed by atoms with Crippen LogP contribution in [0.15, 0.2) is 30.3 Å². The van der Waals surface area contributed by atoms with Crippen molar-refractivity contribution in [1.82, 2.24) is 9.78 Å². The zero-order valence-electron chi connectivity index (χ0n) is 15.0. The van der Waals surface area contributed by atoms with Gasteiger partial charge < -0.3 is 0 Å². The third kappa shape index (κ3) is 3.97. The Hall–Kier alpha value is -2.81. The van der Waals surface area contributed by atoms with Gasteiger partial charge >= 0.3 is 0 Å². The molecule has 2 aromatic rings. The molecule has 9 heteroatoms. The SMILES string of the molecule is Cc1nn([C@@H]2CCS(=O)(=O)C2)c(C)c1/C=C/C(=O)c1ccc([N+](=O)[O-])cc1. The van der Waals surface area contributed by atoms with Crippen LogP contribution in [0.2, 0.25) is 0 Å². The Bertz CT molecular complexity index is 1040. The number of carbonyl (C=O) groups is 1. The van der Waals surface area contributed by atoms with Crippen LogP contribution in [0.3, 0.4) is 0 Å². The molecule has 0 radical (unpaired) electrons. The fourth-order valence-corrected chi connectivity index (χ4v) is 4.94. The highest BCUT2D eigenvalue weighted by Gasteiger charge is 2.31. The Morgan fingerprint density at radius 2 is 1.96 bits per heavy atom. The number of hydrogen-bond acceptors (Lipinski definition) is 6. The van der Waals surface area contributed by atoms with E-state index in [9.17, 15) is 23.3 Å². The van der Waals surface area contributed by atoms with Gasteiger partial charge in [0, 0.05) is 29.0 Å². The molecule has 1 fully saturated rings. The predicted octanol–water partition coefficient (Wildman–Crippen LogP) is 2.66. The van der Waals surface area contributed by atoms with Gasteiger partial charge in [-0.05, 0) is 44.6 Å². The number of carbonyl (C=O) groups excluding carboxylic acids is 1. The number of nitro benzene ring substituents is 1. The predicted molar refractivity (Wildman–Crippen MR) is 100 cm³/mol. The average Bonchev–Trinajstić information content (AvgIpc) is 3.12. The fourth-order valence-electron chi connectivity index (χ4n) is 3.24. The molecule has 3 rings (SSSR count). The van der Waals surface area contributed by atoms with Crippen LogP contribution in [0.1, 0.15) is 39.8 Å². The normalized spacial score (nSPS) is 18.8. The minimum atomic E-state index is -3.02. The van der Waals surface area contributed by atoms with Crippen LogP contribution in [0.25, 0.3) is 6.08 Å². The number of nitro groups is 1. The largest absolute Gasteiger partial charge is 0.289 e. The van der Waals surface area contributed by atoms with Crippen LogP contribution in [0, 0.1) is 24.0 Å². The number of non-ortho nitro benzene ring substituents is 1. The number of rotatable bonds is 5. The summed E-state index contributed by atoms with van der Waals surface area (Å²) in [6, 6.07) is 5.22. The Kier molecular flexibility index (Phi) is 4.97. The highest BCUT2D eigenvalue weighted by atomic mass is 32.2. The highest BCUT2D eigenvalue weighted by Crippen LogP contribution is 2.27. The van der Waals surface area contributed by atoms with E-state index in [4.69, 9.17) is 0 Å². The van der Waals surface area contributed by atoms with E-state index in [2.05, 4.69) is 5.10 Å². The molecule has 1 aliphatic heterocycles. The van der Waals surface area contributed by atoms with Crippen molar-refractivity contribution in [2.45, 2.75) is 26.3 Å². The van der Waals surface area contributed by atoms with Gasteiger partial charge in [-0.3, -0.25) is 19.6 Å². The van der Waals surface area contributed by atoms with Gasteiger partial charge in [0.2, 0.25) is 0 Å². The second-order valence-corrected chi connectivity index (χ2v) is 8.82. The monoisotopic (exact) mass is 389 g/mol. The molecule has 1 aromatic heterocycles. The summed E-state index contributed by atoms with van der Waals surface area (Å²) in [5.41, 5.74) is 2.57. The Morgan fingerprint density at radius 3 is 2.52 bits per heavy atom. The number of hydrogen-bond donors (Lipinski definition) is 0. The lowest BCUT2D eigenvalue weighted by Gasteiger charge is -2.10. The van der Waals surface area contributed by atoms with Gasteiger partial charge in [0.1, 0.15) is 0 Å². The molecule has 1 aromatic carbocycles. The Balaban J connectivity index is 1.81. The third-order valence-electron chi connectivity index (χ3n) is 4.70. The smallest absolute Gasteiger partial charge is 0.269 e. The second kappa shape index (κ2) is 7.07. The summed E-state index contributed by atoms with van der Waals surface area (Å²) in [5, 5.41) is 15.1. The van der Waals surface area contributed by atoms with E-state index in [1.165, 1.54) is 30.3 Å². The quantitative estimate of drug-likeness (QED) is 0.336. The van der Waals surface area contributed by atoms with E-state index in [0.29, 0.717) is 17.7 Å². The summed E-state index contributed by atoms with van der Waals surface area (Å²) in [6.45, 7) is 3.66. The molecular weight excluding hydrogens is 370 g/mol. The first kappa shape index (κ1) is 19.0. The van der Waals surface area contributed by atoms with Crippen molar-refractivity contribution in [2.24, 2.45) is 0 Å². The molecule has 0 saturated carbocycles. The maximum atomic E-state index is 12.3. The van der Waals surface area contributed by atoms with Gasteiger partial charge in [0.15, 0.2) is 15.6 Å². The van der Waals surface area contributed by atoms with Crippen LogP contribution in [-0.2, 0) is 9.84 Å². The van der Waals surface area contributed by atoms with E-state index in [1.54, 1.807) is 10.8 Å². The molecule has 0 N–H and O–H groups in total. The number of allylic oxidation sites excluding steroid dienone is 1. The summed E-state index contributed by atoms with van der Waals surface area (Å²) in [7, 11) is -3.02. The summed E-state index contributed by atoms with van der Waals surface area (Å²) >= 11 is 0. The van der Waals surface area contributed by atoms with Gasteiger partial charge in [-0.15, -0.1) is 0 Å². The molecule has 1 saturated heterocycles. The van der Waals surface area contributed by atoms with Crippen LogP contribution in [0.5, 0.6) is 0 Å². The molecule has 0 spiro atoms. The zero-order chi connectivity index (χ0) is 19.8. The number of aromatic nitrogens is 2. The van der Waals surface area contributed by atoms with Gasteiger partial charge in [-0.1, -0.05) is 0 Å². The van der Waals surface area contributed by atoms with E-state index < -0.39 is 14.8 Å². The zero-order valence-corrected chi connectivity index (χ0v) is 15.8. The summed E-state index contributed by atoms with van der Waals surface area (Å²) in [4.78, 5) is 22.5. The standard InChI is InChI=1S/C18H19N3O5S/c1-12-17(13(2)20(19-12)16-9-10-27(25,26)11-16)7-8-18(22)14-3-5-15(6-4-14)21(23)24/h3-8,16H,9-11H2,1-2H3/b8-7+/t16-/m1/s1. The van der Waals surface area contributed by atoms with E-state index in [-0.39, 0.29) is 29.0 Å². The van der Waals surface area contributed by atoms with Crippen molar-refractivity contribution < 1.29 is 18.1 Å². The number of sulfone groups is 1. The lowest BCUT2D eigenvalue weighted by molar-refractivity contribution is -0.384. The third-order valence-corrected chi connectivity index (χ3v) is 6.45. The molecule has 0 amide bonds. The summed E-state index contributed by atoms with van der Waals surface area (Å²) < 4.78 is 25.2. The number of ketones is 1. The van der Waals surface area contributed by atoms with Crippen molar-refractivity contribution >= 4 is 27.4 Å². The van der Waals surface area contributed by atoms with Crippen molar-refractivity contribution in [3.05, 3.63) is 63.0 Å². The molecule has 0 aliphatic carbocycles. The minimum absolute atomic E-state index is 0.0741. The molecule has 1 aliphatic rings. The molecule has 0 unspecified atom stereocenters. The molecule has 0 bridgehead atoms. The fraction of sp³-hybridized carbons (Fsp3) is 0.333. The Morgan fingerprint density at radius 1 is 1.30 bits per heavy atom. The minimum Gasteiger partial charge on any atom is -0.289 e. The van der Waals surface area contributed by atoms with Crippen LogP contribution in [0.4, 0.5) is 5.69 Å². The van der Waals surface area contributed by atoms with E-state index in [0.717, 1.165) is 11.3 Å². The molecule has 142 valence electrons. The molecule has 8 nitrogen and oxygen atoms in total. The topological polar surface area (TPSA) is 112 Å². The number of aryl methyl sites for hydroxylation is 1. The second-order valence-electron chi connectivity index (χ2n) is 6.59. The van der Waals surface area contributed by atoms with Gasteiger partial charge in [-0.2, -0.15) is 5.10 Å².